The molecule has 8 nitrogen and oxygen atoms in total. The number of aliphatic hydroxyl groups is 1. The van der Waals surface area contributed by atoms with E-state index >= 15 is 0 Å². The van der Waals surface area contributed by atoms with Gasteiger partial charge in [0.1, 0.15) is 5.54 Å². The molecule has 3 aliphatic heterocycles. The molecule has 1 spiro atoms. The molecule has 2 amide bonds. The zero-order valence-corrected chi connectivity index (χ0v) is 20.0. The second-order valence-electron chi connectivity index (χ2n) is 10.00. The maximum atomic E-state index is 14.2. The third-order valence-electron chi connectivity index (χ3n) is 8.02. The summed E-state index contributed by atoms with van der Waals surface area (Å²) in [4.78, 5) is 30.7. The van der Waals surface area contributed by atoms with Gasteiger partial charge >= 0.3 is 0 Å². The number of carbonyl (C=O) groups is 2. The van der Waals surface area contributed by atoms with Crippen molar-refractivity contribution in [3.05, 3.63) is 102 Å². The number of nitrogens with one attached hydrogen (secondary N) is 2. The molecule has 1 aromatic heterocycles. The number of rotatable bonds is 4. The van der Waals surface area contributed by atoms with Gasteiger partial charge in [0.05, 0.1) is 6.20 Å². The third kappa shape index (κ3) is 3.22. The molecule has 0 aliphatic carbocycles. The van der Waals surface area contributed by atoms with Gasteiger partial charge in [-0.3, -0.25) is 14.7 Å². The molecular weight excluding hydrogens is 466 g/mol. The summed E-state index contributed by atoms with van der Waals surface area (Å²) >= 11 is 0. The lowest BCUT2D eigenvalue weighted by Gasteiger charge is -2.33. The summed E-state index contributed by atoms with van der Waals surface area (Å²) in [6, 6.07) is 23.0. The Morgan fingerprint density at radius 2 is 1.76 bits per heavy atom. The Morgan fingerprint density at radius 1 is 0.973 bits per heavy atom. The van der Waals surface area contributed by atoms with Gasteiger partial charge < -0.3 is 20.2 Å². The summed E-state index contributed by atoms with van der Waals surface area (Å²) in [5, 5.41) is 21.4. The van der Waals surface area contributed by atoms with Crippen molar-refractivity contribution < 1.29 is 14.7 Å². The van der Waals surface area contributed by atoms with E-state index in [2.05, 4.69) is 15.5 Å². The highest BCUT2D eigenvalue weighted by Crippen LogP contribution is 2.45. The van der Waals surface area contributed by atoms with Crippen LogP contribution in [0, 0.1) is 5.92 Å². The molecule has 7 rings (SSSR count). The Labute approximate surface area is 213 Å². The Morgan fingerprint density at radius 3 is 2.51 bits per heavy atom. The Balaban J connectivity index is 1.23. The lowest BCUT2D eigenvalue weighted by molar-refractivity contribution is -0.121. The smallest absolute Gasteiger partial charge is 0.256 e. The van der Waals surface area contributed by atoms with Crippen LogP contribution in [0.3, 0.4) is 0 Å². The molecule has 184 valence electrons. The zero-order chi connectivity index (χ0) is 25.1. The molecule has 0 bridgehead atoms. The first-order chi connectivity index (χ1) is 18.0. The van der Waals surface area contributed by atoms with Crippen LogP contribution in [-0.4, -0.2) is 50.6 Å². The van der Waals surface area contributed by atoms with Crippen LogP contribution in [0.2, 0.25) is 0 Å². The van der Waals surface area contributed by atoms with Crippen molar-refractivity contribution in [3.63, 3.8) is 0 Å². The first kappa shape index (κ1) is 21.8. The number of aromatic nitrogens is 2. The highest BCUT2D eigenvalue weighted by atomic mass is 16.3. The van der Waals surface area contributed by atoms with Crippen LogP contribution in [0.4, 0.5) is 11.4 Å². The number of benzene rings is 3. The molecule has 37 heavy (non-hydrogen) atoms. The van der Waals surface area contributed by atoms with Crippen LogP contribution < -0.4 is 10.2 Å². The van der Waals surface area contributed by atoms with Gasteiger partial charge in [0.15, 0.2) is 6.23 Å². The predicted octanol–water partition coefficient (Wildman–Crippen LogP) is 3.59. The number of anilines is 2. The highest BCUT2D eigenvalue weighted by Gasteiger charge is 2.58. The molecule has 8 heteroatoms. The quantitative estimate of drug-likeness (QED) is 0.405. The van der Waals surface area contributed by atoms with Crippen LogP contribution in [0.1, 0.15) is 27.7 Å². The Kier molecular flexibility index (Phi) is 4.74. The topological polar surface area (TPSA) is 102 Å². The monoisotopic (exact) mass is 491 g/mol. The predicted molar refractivity (Wildman–Crippen MR) is 139 cm³/mol. The minimum Gasteiger partial charge on any atom is -0.370 e. The fraction of sp³-hybridized carbons (Fsp3) is 0.207. The third-order valence-corrected chi connectivity index (χ3v) is 8.02. The number of H-pyrrole nitrogens is 1. The summed E-state index contributed by atoms with van der Waals surface area (Å²) in [5.74, 6) is -0.471. The molecular formula is C29H25N5O3. The normalized spacial score (nSPS) is 24.0. The maximum absolute atomic E-state index is 14.2. The van der Waals surface area contributed by atoms with E-state index in [1.165, 1.54) is 4.90 Å². The highest BCUT2D eigenvalue weighted by molar-refractivity contribution is 6.07. The zero-order valence-electron chi connectivity index (χ0n) is 20.0. The van der Waals surface area contributed by atoms with Crippen molar-refractivity contribution in [2.75, 3.05) is 23.3 Å². The molecule has 4 aromatic rings. The van der Waals surface area contributed by atoms with Crippen molar-refractivity contribution in [1.29, 1.82) is 0 Å². The lowest BCUT2D eigenvalue weighted by Crippen LogP contribution is -2.52. The minimum atomic E-state index is -1.03. The van der Waals surface area contributed by atoms with Gasteiger partial charge in [0.2, 0.25) is 0 Å². The fourth-order valence-corrected chi connectivity index (χ4v) is 6.08. The number of para-hydroxylation sites is 1. The number of fused-ring (bicyclic) bond motifs is 2. The average Bonchev–Trinajstić information content (AvgIpc) is 3.70. The molecule has 3 aromatic carbocycles. The maximum Gasteiger partial charge on any atom is 0.256 e. The molecule has 0 radical (unpaired) electrons. The minimum absolute atomic E-state index is 0.0246. The van der Waals surface area contributed by atoms with E-state index in [9.17, 15) is 14.7 Å². The summed E-state index contributed by atoms with van der Waals surface area (Å²) < 4.78 is 0. The number of nitrogens with zero attached hydrogens (tertiary/aromatic N) is 3. The lowest BCUT2D eigenvalue weighted by atomic mass is 9.83. The van der Waals surface area contributed by atoms with Crippen molar-refractivity contribution >= 4 is 23.2 Å². The van der Waals surface area contributed by atoms with E-state index in [1.54, 1.807) is 24.4 Å². The van der Waals surface area contributed by atoms with Gasteiger partial charge in [-0.25, -0.2) is 0 Å². The number of amides is 2. The first-order valence-electron chi connectivity index (χ1n) is 12.4. The van der Waals surface area contributed by atoms with Crippen molar-refractivity contribution in [2.45, 2.75) is 18.2 Å². The van der Waals surface area contributed by atoms with Crippen molar-refractivity contribution in [1.82, 2.24) is 15.1 Å². The largest absolute Gasteiger partial charge is 0.370 e. The van der Waals surface area contributed by atoms with E-state index in [4.69, 9.17) is 0 Å². The Hall–Kier alpha value is -4.43. The molecule has 0 saturated carbocycles. The van der Waals surface area contributed by atoms with E-state index in [0.717, 1.165) is 28.1 Å². The van der Waals surface area contributed by atoms with Gasteiger partial charge in [-0.1, -0.05) is 48.5 Å². The average molecular weight is 492 g/mol. The SMILES string of the molecule is O=C1c2ccccc2C(O)N1CC1CN(c2ccc(-c3cn[nH]c3)cc2)C(=O)C12Cc1ccccc1N2. The second kappa shape index (κ2) is 8.04. The summed E-state index contributed by atoms with van der Waals surface area (Å²) in [5.41, 5.74) is 5.02. The molecule has 3 atom stereocenters. The fourth-order valence-electron chi connectivity index (χ4n) is 6.08. The summed E-state index contributed by atoms with van der Waals surface area (Å²) in [6.45, 7) is 0.683. The van der Waals surface area contributed by atoms with Crippen molar-refractivity contribution in [2.24, 2.45) is 5.92 Å². The first-order valence-corrected chi connectivity index (χ1v) is 12.4. The van der Waals surface area contributed by atoms with Gasteiger partial charge in [-0.05, 0) is 35.4 Å². The van der Waals surface area contributed by atoms with Crippen LogP contribution in [0.25, 0.3) is 11.1 Å². The van der Waals surface area contributed by atoms with Gasteiger partial charge in [0.25, 0.3) is 11.8 Å². The molecule has 3 aliphatic rings. The number of aromatic amines is 1. The van der Waals surface area contributed by atoms with E-state index in [1.807, 2.05) is 65.7 Å². The van der Waals surface area contributed by atoms with Gasteiger partial charge in [-0.15, -0.1) is 0 Å². The van der Waals surface area contributed by atoms with E-state index < -0.39 is 11.8 Å². The number of hydrogen-bond donors (Lipinski definition) is 3. The number of carbonyl (C=O) groups excluding carboxylic acids is 2. The summed E-state index contributed by atoms with van der Waals surface area (Å²) in [6.07, 6.45) is 3.10. The molecule has 3 N–H and O–H groups in total. The standard InChI is InChI=1S/C29H25N5O3/c35-26-23-6-2-3-7-24(23)27(36)34(26)17-21-16-33(22-11-9-18(10-12-22)20-14-30-31-15-20)28(37)29(21)13-19-5-1-4-8-25(19)32-29/h1-12,14-15,21,26,32,35H,13,16-17H2,(H,30,31). The van der Waals surface area contributed by atoms with Crippen LogP contribution in [0.15, 0.2) is 85.2 Å². The van der Waals surface area contributed by atoms with E-state index in [-0.39, 0.29) is 24.3 Å². The van der Waals surface area contributed by atoms with Crippen molar-refractivity contribution in [3.8, 4) is 11.1 Å². The van der Waals surface area contributed by atoms with Gasteiger partial charge in [0, 0.05) is 59.7 Å². The van der Waals surface area contributed by atoms with Crippen LogP contribution in [-0.2, 0) is 11.2 Å². The second-order valence-corrected chi connectivity index (χ2v) is 10.00. The summed E-state index contributed by atoms with van der Waals surface area (Å²) in [7, 11) is 0. The van der Waals surface area contributed by atoms with Gasteiger partial charge in [-0.2, -0.15) is 5.10 Å². The molecule has 1 saturated heterocycles. The number of aliphatic hydroxyl groups excluding tert-OH is 1. The van der Waals surface area contributed by atoms with Crippen LogP contribution >= 0.6 is 0 Å². The van der Waals surface area contributed by atoms with Crippen LogP contribution in [0.5, 0.6) is 0 Å². The Bertz CT molecular complexity index is 1490. The van der Waals surface area contributed by atoms with E-state index in [0.29, 0.717) is 24.1 Å². The number of hydrogen-bond acceptors (Lipinski definition) is 5. The molecule has 4 heterocycles. The molecule has 1 fully saturated rings. The molecule has 3 unspecified atom stereocenters.